The second kappa shape index (κ2) is 13.1. The average Bonchev–Trinajstić information content (AvgIpc) is 2.71. The van der Waals surface area contributed by atoms with Crippen molar-refractivity contribution in [3.05, 3.63) is 46.2 Å². The SMILES string of the molecule is CC.CNCN(CCNC=O)c1ccc(C(=O)NC2=CC=C(Br)CC2)cn1. The molecule has 1 heterocycles. The van der Waals surface area contributed by atoms with Crippen molar-refractivity contribution in [3.63, 3.8) is 0 Å². The van der Waals surface area contributed by atoms with Crippen molar-refractivity contribution in [3.8, 4) is 0 Å². The molecule has 0 aromatic carbocycles. The molecular formula is C19H28BrN5O2. The summed E-state index contributed by atoms with van der Waals surface area (Å²) in [5, 5.41) is 8.60. The van der Waals surface area contributed by atoms with Crippen molar-refractivity contribution < 1.29 is 9.59 Å². The number of rotatable bonds is 9. The van der Waals surface area contributed by atoms with Crippen molar-refractivity contribution in [1.29, 1.82) is 0 Å². The second-order valence-corrected chi connectivity index (χ2v) is 6.53. The maximum Gasteiger partial charge on any atom is 0.256 e. The van der Waals surface area contributed by atoms with Gasteiger partial charge in [-0.1, -0.05) is 35.9 Å². The quantitative estimate of drug-likeness (QED) is 0.314. The zero-order chi connectivity index (χ0) is 20.1. The van der Waals surface area contributed by atoms with Gasteiger partial charge in [0.2, 0.25) is 6.41 Å². The van der Waals surface area contributed by atoms with E-state index < -0.39 is 0 Å². The molecule has 2 rings (SSSR count). The van der Waals surface area contributed by atoms with Crippen LogP contribution in [-0.2, 0) is 4.79 Å². The maximum absolute atomic E-state index is 12.3. The summed E-state index contributed by atoms with van der Waals surface area (Å²) in [6.45, 7) is 5.73. The zero-order valence-electron chi connectivity index (χ0n) is 16.1. The van der Waals surface area contributed by atoms with Crippen LogP contribution in [0.4, 0.5) is 5.82 Å². The largest absolute Gasteiger partial charge is 0.357 e. The van der Waals surface area contributed by atoms with Gasteiger partial charge >= 0.3 is 0 Å². The summed E-state index contributed by atoms with van der Waals surface area (Å²) in [5.41, 5.74) is 1.41. The van der Waals surface area contributed by atoms with Crippen molar-refractivity contribution >= 4 is 34.1 Å². The highest BCUT2D eigenvalue weighted by molar-refractivity contribution is 9.11. The molecule has 0 spiro atoms. The molecule has 0 aliphatic heterocycles. The van der Waals surface area contributed by atoms with Gasteiger partial charge in [0.15, 0.2) is 0 Å². The third kappa shape index (κ3) is 7.92. The molecule has 7 nitrogen and oxygen atoms in total. The number of carbonyl (C=O) groups excluding carboxylic acids is 2. The topological polar surface area (TPSA) is 86.4 Å². The van der Waals surface area contributed by atoms with Gasteiger partial charge in [0.25, 0.3) is 5.91 Å². The minimum Gasteiger partial charge on any atom is -0.357 e. The van der Waals surface area contributed by atoms with E-state index in [1.807, 2.05) is 37.9 Å². The number of halogens is 1. The van der Waals surface area contributed by atoms with Crippen molar-refractivity contribution in [2.75, 3.05) is 31.7 Å². The molecule has 0 saturated carbocycles. The predicted molar refractivity (Wildman–Crippen MR) is 113 cm³/mol. The van der Waals surface area contributed by atoms with Crippen LogP contribution in [0.1, 0.15) is 37.0 Å². The van der Waals surface area contributed by atoms with Gasteiger partial charge in [-0.05, 0) is 42.6 Å². The Morgan fingerprint density at radius 2 is 2.07 bits per heavy atom. The summed E-state index contributed by atoms with van der Waals surface area (Å²) in [4.78, 5) is 29.0. The van der Waals surface area contributed by atoms with E-state index in [1.54, 1.807) is 18.3 Å². The molecule has 1 aromatic heterocycles. The van der Waals surface area contributed by atoms with Crippen LogP contribution in [0.25, 0.3) is 0 Å². The minimum absolute atomic E-state index is 0.167. The van der Waals surface area contributed by atoms with Crippen LogP contribution in [0.5, 0.6) is 0 Å². The highest BCUT2D eigenvalue weighted by atomic mass is 79.9. The summed E-state index contributed by atoms with van der Waals surface area (Å²) in [6.07, 6.45) is 7.78. The molecule has 148 valence electrons. The molecular weight excluding hydrogens is 410 g/mol. The normalized spacial score (nSPS) is 12.7. The fourth-order valence-corrected chi connectivity index (χ4v) is 2.70. The van der Waals surface area contributed by atoms with Crippen molar-refractivity contribution in [1.82, 2.24) is 20.9 Å². The van der Waals surface area contributed by atoms with Gasteiger partial charge < -0.3 is 20.9 Å². The van der Waals surface area contributed by atoms with Crippen LogP contribution >= 0.6 is 15.9 Å². The van der Waals surface area contributed by atoms with Crippen LogP contribution in [0.3, 0.4) is 0 Å². The average molecular weight is 438 g/mol. The smallest absolute Gasteiger partial charge is 0.256 e. The molecule has 0 bridgehead atoms. The summed E-state index contributed by atoms with van der Waals surface area (Å²) >= 11 is 3.44. The second-order valence-electron chi connectivity index (χ2n) is 5.51. The highest BCUT2D eigenvalue weighted by Crippen LogP contribution is 2.21. The molecule has 8 heteroatoms. The van der Waals surface area contributed by atoms with E-state index in [0.29, 0.717) is 31.7 Å². The van der Waals surface area contributed by atoms with Crippen molar-refractivity contribution in [2.45, 2.75) is 26.7 Å². The van der Waals surface area contributed by atoms with Gasteiger partial charge in [-0.3, -0.25) is 9.59 Å². The molecule has 2 amide bonds. The summed E-state index contributed by atoms with van der Waals surface area (Å²) in [5.74, 6) is 0.571. The van der Waals surface area contributed by atoms with Gasteiger partial charge in [-0.2, -0.15) is 0 Å². The van der Waals surface area contributed by atoms with Crippen LogP contribution in [-0.4, -0.2) is 44.1 Å². The Balaban J connectivity index is 0.00000176. The Morgan fingerprint density at radius 1 is 1.30 bits per heavy atom. The van der Waals surface area contributed by atoms with Crippen LogP contribution < -0.4 is 20.9 Å². The number of allylic oxidation sites excluding steroid dienone is 4. The Kier molecular flexibility index (Phi) is 11.0. The molecule has 0 atom stereocenters. The fourth-order valence-electron chi connectivity index (χ4n) is 2.37. The summed E-state index contributed by atoms with van der Waals surface area (Å²) in [6, 6.07) is 3.56. The highest BCUT2D eigenvalue weighted by Gasteiger charge is 2.12. The number of nitrogens with zero attached hydrogens (tertiary/aromatic N) is 2. The van der Waals surface area contributed by atoms with Gasteiger partial charge in [-0.25, -0.2) is 4.98 Å². The van der Waals surface area contributed by atoms with Gasteiger partial charge in [-0.15, -0.1) is 0 Å². The fraction of sp³-hybridized carbons (Fsp3) is 0.421. The number of amides is 2. The van der Waals surface area contributed by atoms with Gasteiger partial charge in [0.1, 0.15) is 5.82 Å². The zero-order valence-corrected chi connectivity index (χ0v) is 17.7. The number of aromatic nitrogens is 1. The Labute approximate surface area is 169 Å². The van der Waals surface area contributed by atoms with Crippen LogP contribution in [0, 0.1) is 0 Å². The lowest BCUT2D eigenvalue weighted by atomic mass is 10.1. The van der Waals surface area contributed by atoms with Crippen LogP contribution in [0.2, 0.25) is 0 Å². The minimum atomic E-state index is -0.167. The Bertz CT molecular complexity index is 659. The lowest BCUT2D eigenvalue weighted by Crippen LogP contribution is -2.38. The van der Waals surface area contributed by atoms with E-state index in [1.165, 1.54) is 0 Å². The first-order chi connectivity index (χ1) is 13.1. The molecule has 27 heavy (non-hydrogen) atoms. The summed E-state index contributed by atoms with van der Waals surface area (Å²) < 4.78 is 1.13. The number of hydrogen-bond acceptors (Lipinski definition) is 5. The molecule has 0 fully saturated rings. The number of nitrogens with one attached hydrogen (secondary N) is 3. The van der Waals surface area contributed by atoms with Crippen LogP contribution in [0.15, 0.2) is 40.7 Å². The van der Waals surface area contributed by atoms with E-state index in [4.69, 9.17) is 0 Å². The third-order valence-electron chi connectivity index (χ3n) is 3.67. The first-order valence-electron chi connectivity index (χ1n) is 9.03. The number of carbonyl (C=O) groups is 2. The first kappa shape index (κ1) is 22.9. The van der Waals surface area contributed by atoms with Gasteiger partial charge in [0, 0.05) is 25.0 Å². The molecule has 1 aliphatic rings. The number of anilines is 1. The molecule has 3 N–H and O–H groups in total. The third-order valence-corrected chi connectivity index (χ3v) is 4.33. The van der Waals surface area contributed by atoms with E-state index in [9.17, 15) is 9.59 Å². The lowest BCUT2D eigenvalue weighted by Gasteiger charge is -2.23. The summed E-state index contributed by atoms with van der Waals surface area (Å²) in [7, 11) is 1.84. The molecule has 0 radical (unpaired) electrons. The monoisotopic (exact) mass is 437 g/mol. The number of hydrogen-bond donors (Lipinski definition) is 3. The van der Waals surface area contributed by atoms with E-state index in [-0.39, 0.29) is 5.91 Å². The Morgan fingerprint density at radius 3 is 2.63 bits per heavy atom. The number of pyridine rings is 1. The standard InChI is InChI=1S/C17H22BrN5O2.C2H6/c1-19-11-23(9-8-20-12-24)16-7-2-13(10-21-16)17(25)22-15-5-3-14(18)4-6-15;1-2/h2-3,5,7,10,12,19H,4,6,8-9,11H2,1H3,(H,20,24)(H,22,25);1-2H3. The molecule has 0 saturated heterocycles. The maximum atomic E-state index is 12.3. The van der Waals surface area contributed by atoms with E-state index in [2.05, 4.69) is 36.9 Å². The lowest BCUT2D eigenvalue weighted by molar-refractivity contribution is -0.109. The molecule has 1 aliphatic carbocycles. The predicted octanol–water partition coefficient (Wildman–Crippen LogP) is 2.52. The van der Waals surface area contributed by atoms with E-state index in [0.717, 1.165) is 28.8 Å². The molecule has 1 aromatic rings. The first-order valence-corrected chi connectivity index (χ1v) is 9.82. The van der Waals surface area contributed by atoms with Crippen molar-refractivity contribution in [2.24, 2.45) is 0 Å². The van der Waals surface area contributed by atoms with E-state index >= 15 is 0 Å². The van der Waals surface area contributed by atoms with Gasteiger partial charge in [0.05, 0.1) is 12.2 Å². The molecule has 0 unspecified atom stereocenters. The Hall–Kier alpha value is -2.19.